The number of amides is 2. The fourth-order valence-corrected chi connectivity index (χ4v) is 2.51. The maximum Gasteiger partial charge on any atom is 0.302 e. The molecule has 140 valence electrons. The average molecular weight is 367 g/mol. The highest BCUT2D eigenvalue weighted by molar-refractivity contribution is 5.93. The van der Waals surface area contributed by atoms with E-state index in [1.165, 1.54) is 12.5 Å². The molecule has 7 heteroatoms. The van der Waals surface area contributed by atoms with Gasteiger partial charge in [-0.1, -0.05) is 26.0 Å². The van der Waals surface area contributed by atoms with Crippen molar-refractivity contribution in [2.24, 2.45) is 0 Å². The zero-order valence-electron chi connectivity index (χ0n) is 15.4. The van der Waals surface area contributed by atoms with Crippen LogP contribution in [0.4, 0.5) is 11.7 Å². The third-order valence-corrected chi connectivity index (χ3v) is 3.87. The minimum absolute atomic E-state index is 0.0775. The van der Waals surface area contributed by atoms with E-state index < -0.39 is 0 Å². The molecule has 0 radical (unpaired) electrons. The van der Waals surface area contributed by atoms with Gasteiger partial charge in [0.05, 0.1) is 0 Å². The normalized spacial score (nSPS) is 10.8. The second-order valence-corrected chi connectivity index (χ2v) is 6.44. The number of oxazole rings is 1. The highest BCUT2D eigenvalue weighted by atomic mass is 16.5. The van der Waals surface area contributed by atoms with Gasteiger partial charge in [-0.3, -0.25) is 14.9 Å². The predicted octanol–water partition coefficient (Wildman–Crippen LogP) is 3.93. The summed E-state index contributed by atoms with van der Waals surface area (Å²) in [5, 5.41) is 5.22. The zero-order valence-corrected chi connectivity index (χ0v) is 15.4. The van der Waals surface area contributed by atoms with Crippen LogP contribution in [-0.4, -0.2) is 23.4 Å². The molecule has 3 rings (SSSR count). The number of anilines is 2. The summed E-state index contributed by atoms with van der Waals surface area (Å²) in [6.45, 7) is 5.50. The van der Waals surface area contributed by atoms with Gasteiger partial charge in [0.25, 0.3) is 5.91 Å². The summed E-state index contributed by atoms with van der Waals surface area (Å²) >= 11 is 0. The molecule has 0 atom stereocenters. The van der Waals surface area contributed by atoms with Gasteiger partial charge < -0.3 is 14.5 Å². The first-order valence-electron chi connectivity index (χ1n) is 8.61. The first-order chi connectivity index (χ1) is 12.9. The second kappa shape index (κ2) is 7.90. The van der Waals surface area contributed by atoms with Gasteiger partial charge in [0, 0.05) is 18.7 Å². The largest absolute Gasteiger partial charge is 0.484 e. The maximum absolute atomic E-state index is 12.1. The van der Waals surface area contributed by atoms with E-state index in [-0.39, 0.29) is 24.4 Å². The van der Waals surface area contributed by atoms with Crippen molar-refractivity contribution < 1.29 is 18.7 Å². The Labute approximate surface area is 156 Å². The number of carbonyl (C=O) groups is 2. The molecule has 0 aliphatic heterocycles. The summed E-state index contributed by atoms with van der Waals surface area (Å²) in [5.74, 6) is 0.497. The lowest BCUT2D eigenvalue weighted by atomic mass is 10.0. The van der Waals surface area contributed by atoms with E-state index in [4.69, 9.17) is 9.15 Å². The van der Waals surface area contributed by atoms with Gasteiger partial charge in [-0.25, -0.2) is 0 Å². The lowest BCUT2D eigenvalue weighted by Crippen LogP contribution is -2.20. The summed E-state index contributed by atoms with van der Waals surface area (Å²) in [6, 6.07) is 12.8. The Morgan fingerprint density at radius 1 is 1.11 bits per heavy atom. The predicted molar refractivity (Wildman–Crippen MR) is 103 cm³/mol. The van der Waals surface area contributed by atoms with Crippen molar-refractivity contribution in [2.45, 2.75) is 26.7 Å². The summed E-state index contributed by atoms with van der Waals surface area (Å²) in [7, 11) is 0. The summed E-state index contributed by atoms with van der Waals surface area (Å²) in [6.07, 6.45) is 0. The molecule has 0 aliphatic carbocycles. The third kappa shape index (κ3) is 4.84. The van der Waals surface area contributed by atoms with Gasteiger partial charge in [-0.05, 0) is 35.7 Å². The molecular weight excluding hydrogens is 346 g/mol. The standard InChI is InChI=1S/C20H21N3O4/c1-12(2)14-4-7-16(8-5-14)26-11-19(25)23-20-22-17-9-6-15(21-13(3)24)10-18(17)27-20/h4-10,12H,11H2,1-3H3,(H,21,24)(H,22,23,25). The van der Waals surface area contributed by atoms with E-state index in [1.807, 2.05) is 24.3 Å². The molecule has 0 unspecified atom stereocenters. The van der Waals surface area contributed by atoms with Gasteiger partial charge in [0.2, 0.25) is 5.91 Å². The Morgan fingerprint density at radius 3 is 2.52 bits per heavy atom. The number of rotatable bonds is 6. The van der Waals surface area contributed by atoms with Crippen molar-refractivity contribution in [3.63, 3.8) is 0 Å². The van der Waals surface area contributed by atoms with Crippen LogP contribution in [0.15, 0.2) is 46.9 Å². The maximum atomic E-state index is 12.1. The molecule has 0 spiro atoms. The van der Waals surface area contributed by atoms with Crippen molar-refractivity contribution in [1.29, 1.82) is 0 Å². The molecular formula is C20H21N3O4. The first-order valence-corrected chi connectivity index (χ1v) is 8.61. The van der Waals surface area contributed by atoms with Crippen LogP contribution >= 0.6 is 0 Å². The average Bonchev–Trinajstić information content (AvgIpc) is 3.01. The van der Waals surface area contributed by atoms with Gasteiger partial charge in [0.1, 0.15) is 11.3 Å². The van der Waals surface area contributed by atoms with Crippen LogP contribution in [0, 0.1) is 0 Å². The van der Waals surface area contributed by atoms with Crippen LogP contribution < -0.4 is 15.4 Å². The van der Waals surface area contributed by atoms with Crippen LogP contribution in [0.1, 0.15) is 32.3 Å². The highest BCUT2D eigenvalue weighted by Gasteiger charge is 2.11. The first kappa shape index (κ1) is 18.4. The second-order valence-electron chi connectivity index (χ2n) is 6.44. The number of fused-ring (bicyclic) bond motifs is 1. The summed E-state index contributed by atoms with van der Waals surface area (Å²) in [4.78, 5) is 27.4. The minimum Gasteiger partial charge on any atom is -0.484 e. The number of ether oxygens (including phenoxy) is 1. The lowest BCUT2D eigenvalue weighted by Gasteiger charge is -2.08. The molecule has 0 fully saturated rings. The van der Waals surface area contributed by atoms with E-state index in [1.54, 1.807) is 18.2 Å². The molecule has 2 N–H and O–H groups in total. The molecule has 1 heterocycles. The van der Waals surface area contributed by atoms with Crippen LogP contribution in [-0.2, 0) is 9.59 Å². The number of nitrogens with zero attached hydrogens (tertiary/aromatic N) is 1. The van der Waals surface area contributed by atoms with Gasteiger partial charge in [-0.15, -0.1) is 0 Å². The topological polar surface area (TPSA) is 93.5 Å². The molecule has 2 amide bonds. The van der Waals surface area contributed by atoms with Crippen molar-refractivity contribution in [1.82, 2.24) is 4.98 Å². The number of hydrogen-bond acceptors (Lipinski definition) is 5. The van der Waals surface area contributed by atoms with Crippen LogP contribution in [0.5, 0.6) is 5.75 Å². The fraction of sp³-hybridized carbons (Fsp3) is 0.250. The quantitative estimate of drug-likeness (QED) is 0.688. The zero-order chi connectivity index (χ0) is 19.4. The highest BCUT2D eigenvalue weighted by Crippen LogP contribution is 2.23. The molecule has 0 saturated carbocycles. The molecule has 0 aliphatic rings. The lowest BCUT2D eigenvalue weighted by molar-refractivity contribution is -0.118. The minimum atomic E-state index is -0.378. The number of hydrogen-bond donors (Lipinski definition) is 2. The summed E-state index contributed by atoms with van der Waals surface area (Å²) < 4.78 is 11.0. The van der Waals surface area contributed by atoms with E-state index in [0.29, 0.717) is 28.5 Å². The molecule has 2 aromatic carbocycles. The van der Waals surface area contributed by atoms with Gasteiger partial charge in [-0.2, -0.15) is 4.98 Å². The Kier molecular flexibility index (Phi) is 5.40. The van der Waals surface area contributed by atoms with Crippen molar-refractivity contribution in [3.8, 4) is 5.75 Å². The molecule has 7 nitrogen and oxygen atoms in total. The van der Waals surface area contributed by atoms with Crippen molar-refractivity contribution in [3.05, 3.63) is 48.0 Å². The molecule has 0 saturated heterocycles. The molecule has 3 aromatic rings. The number of aromatic nitrogens is 1. The SMILES string of the molecule is CC(=O)Nc1ccc2nc(NC(=O)COc3ccc(C(C)C)cc3)oc2c1. The van der Waals surface area contributed by atoms with Crippen molar-refractivity contribution >= 4 is 34.6 Å². The fourth-order valence-electron chi connectivity index (χ4n) is 2.51. The van der Waals surface area contributed by atoms with Crippen LogP contribution in [0.3, 0.4) is 0 Å². The number of nitrogens with one attached hydrogen (secondary N) is 2. The van der Waals surface area contributed by atoms with E-state index in [0.717, 1.165) is 0 Å². The van der Waals surface area contributed by atoms with Gasteiger partial charge >= 0.3 is 6.01 Å². The number of benzene rings is 2. The van der Waals surface area contributed by atoms with Crippen LogP contribution in [0.25, 0.3) is 11.1 Å². The third-order valence-electron chi connectivity index (χ3n) is 3.87. The van der Waals surface area contributed by atoms with E-state index >= 15 is 0 Å². The summed E-state index contributed by atoms with van der Waals surface area (Å²) in [5.41, 5.74) is 2.83. The molecule has 1 aromatic heterocycles. The molecule has 0 bridgehead atoms. The number of carbonyl (C=O) groups excluding carboxylic acids is 2. The Morgan fingerprint density at radius 2 is 1.85 bits per heavy atom. The van der Waals surface area contributed by atoms with Gasteiger partial charge in [0.15, 0.2) is 12.2 Å². The Bertz CT molecular complexity index is 961. The molecule has 27 heavy (non-hydrogen) atoms. The Balaban J connectivity index is 1.59. The van der Waals surface area contributed by atoms with Crippen LogP contribution in [0.2, 0.25) is 0 Å². The Hall–Kier alpha value is -3.35. The van der Waals surface area contributed by atoms with E-state index in [2.05, 4.69) is 29.5 Å². The van der Waals surface area contributed by atoms with E-state index in [9.17, 15) is 9.59 Å². The smallest absolute Gasteiger partial charge is 0.302 e. The monoisotopic (exact) mass is 367 g/mol. The van der Waals surface area contributed by atoms with Crippen molar-refractivity contribution in [2.75, 3.05) is 17.2 Å².